The van der Waals surface area contributed by atoms with Crippen molar-refractivity contribution < 1.29 is 18.7 Å². The molecule has 0 bridgehead atoms. The predicted octanol–water partition coefficient (Wildman–Crippen LogP) is 3.35. The SMILES string of the molecule is CCOC(=O)Oc1cn(-c2cccc(Cn3cncn3)c2)c2nc(Cl)c(F)cc2c1=O. The van der Waals surface area contributed by atoms with Crippen molar-refractivity contribution in [1.82, 2.24) is 24.3 Å². The third-order valence-electron chi connectivity index (χ3n) is 4.31. The Kier molecular flexibility index (Phi) is 5.63. The van der Waals surface area contributed by atoms with Crippen molar-refractivity contribution in [3.8, 4) is 11.4 Å². The lowest BCUT2D eigenvalue weighted by atomic mass is 10.2. The summed E-state index contributed by atoms with van der Waals surface area (Å²) in [5, 5.41) is 3.58. The number of fused-ring (bicyclic) bond motifs is 1. The van der Waals surface area contributed by atoms with Crippen molar-refractivity contribution in [2.75, 3.05) is 6.61 Å². The molecule has 0 unspecified atom stereocenters. The first kappa shape index (κ1) is 20.5. The molecule has 1 aromatic carbocycles. The second-order valence-corrected chi connectivity index (χ2v) is 6.73. The van der Waals surface area contributed by atoms with Gasteiger partial charge in [-0.05, 0) is 30.7 Å². The average molecular weight is 444 g/mol. The fourth-order valence-electron chi connectivity index (χ4n) is 2.99. The standard InChI is InChI=1S/C20H15ClFN5O4/c1-2-30-20(29)31-16-9-27(19-14(17(16)28)7-15(22)18(21)25-19)13-5-3-4-12(6-13)8-26-11-23-10-24-26/h3-7,9-11H,2,8H2,1H3. The van der Waals surface area contributed by atoms with Crippen molar-refractivity contribution in [1.29, 1.82) is 0 Å². The summed E-state index contributed by atoms with van der Waals surface area (Å²) in [6.45, 7) is 2.11. The Hall–Kier alpha value is -3.79. The monoisotopic (exact) mass is 443 g/mol. The van der Waals surface area contributed by atoms with Crippen molar-refractivity contribution in [2.45, 2.75) is 13.5 Å². The highest BCUT2D eigenvalue weighted by atomic mass is 35.5. The number of ether oxygens (including phenoxy) is 2. The van der Waals surface area contributed by atoms with Crippen LogP contribution < -0.4 is 10.2 Å². The van der Waals surface area contributed by atoms with Crippen LogP contribution in [-0.2, 0) is 11.3 Å². The van der Waals surface area contributed by atoms with E-state index in [0.717, 1.165) is 11.6 Å². The molecule has 0 spiro atoms. The minimum absolute atomic E-state index is 0.0662. The van der Waals surface area contributed by atoms with Crippen LogP contribution in [0.2, 0.25) is 5.15 Å². The highest BCUT2D eigenvalue weighted by Crippen LogP contribution is 2.24. The van der Waals surface area contributed by atoms with Crippen molar-refractivity contribution >= 4 is 28.8 Å². The Balaban J connectivity index is 1.88. The van der Waals surface area contributed by atoms with Gasteiger partial charge in [-0.1, -0.05) is 23.7 Å². The maximum Gasteiger partial charge on any atom is 0.514 e. The molecule has 4 rings (SSSR count). The number of hydrogen-bond donors (Lipinski definition) is 0. The molecular formula is C20H15ClFN5O4. The number of halogens is 2. The molecule has 31 heavy (non-hydrogen) atoms. The van der Waals surface area contributed by atoms with E-state index in [1.807, 2.05) is 12.1 Å². The zero-order chi connectivity index (χ0) is 22.0. The van der Waals surface area contributed by atoms with Gasteiger partial charge in [0.15, 0.2) is 22.4 Å². The van der Waals surface area contributed by atoms with E-state index < -0.39 is 22.6 Å². The number of aromatic nitrogens is 5. The number of benzene rings is 1. The first-order valence-corrected chi connectivity index (χ1v) is 9.51. The largest absolute Gasteiger partial charge is 0.514 e. The number of nitrogens with zero attached hydrogens (tertiary/aromatic N) is 5. The minimum atomic E-state index is -1.05. The third-order valence-corrected chi connectivity index (χ3v) is 4.58. The van der Waals surface area contributed by atoms with Gasteiger partial charge in [0.1, 0.15) is 12.7 Å². The molecular weight excluding hydrogens is 429 g/mol. The maximum absolute atomic E-state index is 14.1. The predicted molar refractivity (Wildman–Crippen MR) is 109 cm³/mol. The van der Waals surface area contributed by atoms with Gasteiger partial charge in [0.2, 0.25) is 5.43 Å². The number of carbonyl (C=O) groups excluding carboxylic acids is 1. The summed E-state index contributed by atoms with van der Waals surface area (Å²) in [4.78, 5) is 32.5. The van der Waals surface area contributed by atoms with Gasteiger partial charge in [-0.15, -0.1) is 0 Å². The molecule has 9 nitrogen and oxygen atoms in total. The highest BCUT2D eigenvalue weighted by molar-refractivity contribution is 6.29. The van der Waals surface area contributed by atoms with E-state index in [-0.39, 0.29) is 23.4 Å². The van der Waals surface area contributed by atoms with Crippen LogP contribution >= 0.6 is 11.6 Å². The first-order valence-electron chi connectivity index (χ1n) is 9.14. The fraction of sp³-hybridized carbons (Fsp3) is 0.150. The fourth-order valence-corrected chi connectivity index (χ4v) is 3.13. The van der Waals surface area contributed by atoms with E-state index in [9.17, 15) is 14.0 Å². The second kappa shape index (κ2) is 8.52. The molecule has 0 N–H and O–H groups in total. The summed E-state index contributed by atoms with van der Waals surface area (Å²) in [6, 6.07) is 8.20. The van der Waals surface area contributed by atoms with Gasteiger partial charge in [-0.2, -0.15) is 5.10 Å². The summed E-state index contributed by atoms with van der Waals surface area (Å²) < 4.78 is 27.0. The van der Waals surface area contributed by atoms with E-state index >= 15 is 0 Å². The molecule has 0 aliphatic carbocycles. The molecule has 0 saturated heterocycles. The molecule has 3 aromatic heterocycles. The zero-order valence-corrected chi connectivity index (χ0v) is 16.9. The molecule has 3 heterocycles. The van der Waals surface area contributed by atoms with Gasteiger partial charge in [0.25, 0.3) is 0 Å². The normalized spacial score (nSPS) is 10.9. The van der Waals surface area contributed by atoms with E-state index in [0.29, 0.717) is 12.2 Å². The van der Waals surface area contributed by atoms with E-state index in [2.05, 4.69) is 15.1 Å². The van der Waals surface area contributed by atoms with E-state index in [4.69, 9.17) is 21.1 Å². The smallest absolute Gasteiger partial charge is 0.434 e. The summed E-state index contributed by atoms with van der Waals surface area (Å²) >= 11 is 5.87. The van der Waals surface area contributed by atoms with Gasteiger partial charge in [0, 0.05) is 5.69 Å². The molecule has 0 saturated carbocycles. The van der Waals surface area contributed by atoms with Gasteiger partial charge >= 0.3 is 6.16 Å². The molecule has 0 aliphatic rings. The van der Waals surface area contributed by atoms with Crippen LogP contribution in [0.3, 0.4) is 0 Å². The summed E-state index contributed by atoms with van der Waals surface area (Å²) in [5.41, 5.74) is 0.828. The molecule has 0 radical (unpaired) electrons. The van der Waals surface area contributed by atoms with Gasteiger partial charge < -0.3 is 9.47 Å². The molecule has 0 atom stereocenters. The van der Waals surface area contributed by atoms with Crippen LogP contribution in [0.1, 0.15) is 12.5 Å². The average Bonchev–Trinajstić information content (AvgIpc) is 3.25. The van der Waals surface area contributed by atoms with Crippen LogP contribution in [0.5, 0.6) is 5.75 Å². The molecule has 0 amide bonds. The summed E-state index contributed by atoms with van der Waals surface area (Å²) in [7, 11) is 0. The number of carbonyl (C=O) groups is 1. The third kappa shape index (κ3) is 4.24. The Labute approximate surface area is 179 Å². The Morgan fingerprint density at radius 3 is 2.87 bits per heavy atom. The van der Waals surface area contributed by atoms with Crippen LogP contribution in [0, 0.1) is 5.82 Å². The van der Waals surface area contributed by atoms with Crippen molar-refractivity contribution in [3.63, 3.8) is 0 Å². The highest BCUT2D eigenvalue weighted by Gasteiger charge is 2.18. The second-order valence-electron chi connectivity index (χ2n) is 6.37. The Morgan fingerprint density at radius 2 is 2.13 bits per heavy atom. The minimum Gasteiger partial charge on any atom is -0.434 e. The molecule has 0 aliphatic heterocycles. The van der Waals surface area contributed by atoms with E-state index in [1.165, 1.54) is 17.1 Å². The first-order chi connectivity index (χ1) is 15.0. The van der Waals surface area contributed by atoms with Gasteiger partial charge in [0.05, 0.1) is 24.7 Å². The van der Waals surface area contributed by atoms with Gasteiger partial charge in [-0.3, -0.25) is 9.36 Å². The Morgan fingerprint density at radius 1 is 1.29 bits per heavy atom. The van der Waals surface area contributed by atoms with Crippen LogP contribution in [0.25, 0.3) is 16.7 Å². The van der Waals surface area contributed by atoms with Crippen molar-refractivity contribution in [2.24, 2.45) is 0 Å². The Bertz CT molecular complexity index is 1320. The molecule has 11 heteroatoms. The lowest BCUT2D eigenvalue weighted by molar-refractivity contribution is 0.104. The quantitative estimate of drug-likeness (QED) is 0.344. The van der Waals surface area contributed by atoms with Gasteiger partial charge in [-0.25, -0.2) is 23.8 Å². The number of rotatable bonds is 5. The molecule has 4 aromatic rings. The van der Waals surface area contributed by atoms with Crippen LogP contribution in [-0.4, -0.2) is 37.1 Å². The zero-order valence-electron chi connectivity index (χ0n) is 16.2. The van der Waals surface area contributed by atoms with Crippen LogP contribution in [0.15, 0.2) is 54.0 Å². The topological polar surface area (TPSA) is 101 Å². The van der Waals surface area contributed by atoms with Crippen LogP contribution in [0.4, 0.5) is 9.18 Å². The molecule has 158 valence electrons. The van der Waals surface area contributed by atoms with E-state index in [1.54, 1.807) is 30.1 Å². The number of hydrogen-bond acceptors (Lipinski definition) is 7. The lowest BCUT2D eigenvalue weighted by Gasteiger charge is -2.14. The van der Waals surface area contributed by atoms with Crippen molar-refractivity contribution in [3.05, 3.63) is 75.9 Å². The maximum atomic E-state index is 14.1. The number of pyridine rings is 2. The summed E-state index contributed by atoms with van der Waals surface area (Å²) in [6.07, 6.45) is 3.25. The lowest BCUT2D eigenvalue weighted by Crippen LogP contribution is -2.19. The summed E-state index contributed by atoms with van der Waals surface area (Å²) in [5.74, 6) is -1.21. The molecule has 0 fully saturated rings.